The molecule has 3 aromatic carbocycles. The number of hydrogen-bond acceptors (Lipinski definition) is 16. The Morgan fingerprint density at radius 1 is 1.00 bits per heavy atom. The number of aliphatic hydroxyl groups is 2. The van der Waals surface area contributed by atoms with E-state index >= 15 is 0 Å². The van der Waals surface area contributed by atoms with Crippen LogP contribution in [0.2, 0.25) is 0 Å². The molecule has 0 aromatic heterocycles. The summed E-state index contributed by atoms with van der Waals surface area (Å²) in [5.41, 5.74) is 10.3. The van der Waals surface area contributed by atoms with Crippen LogP contribution < -0.4 is 34.9 Å². The van der Waals surface area contributed by atoms with Gasteiger partial charge >= 0.3 is 11.9 Å². The molecule has 3 aromatic rings. The van der Waals surface area contributed by atoms with Crippen molar-refractivity contribution < 1.29 is 72.9 Å². The van der Waals surface area contributed by atoms with Crippen LogP contribution in [0.25, 0.3) is 0 Å². The van der Waals surface area contributed by atoms with E-state index in [0.717, 1.165) is 28.0 Å². The fourth-order valence-corrected chi connectivity index (χ4v) is 7.49. The highest BCUT2D eigenvalue weighted by Crippen LogP contribution is 2.58. The number of aliphatic hydroxyl groups excluding tert-OH is 2. The number of fused-ring (bicyclic) bond motifs is 6. The third-order valence-corrected chi connectivity index (χ3v) is 10.1. The van der Waals surface area contributed by atoms with Crippen molar-refractivity contribution in [2.24, 2.45) is 11.7 Å². The summed E-state index contributed by atoms with van der Waals surface area (Å²) in [6.07, 6.45) is -7.78. The van der Waals surface area contributed by atoms with Gasteiger partial charge in [0.2, 0.25) is 6.79 Å². The van der Waals surface area contributed by atoms with Crippen molar-refractivity contribution in [2.45, 2.75) is 81.9 Å². The van der Waals surface area contributed by atoms with Gasteiger partial charge in [-0.3, -0.25) is 9.59 Å². The second-order valence-corrected chi connectivity index (χ2v) is 15.0. The number of nitrogens with one attached hydrogen (secondary N) is 1. The Hall–Kier alpha value is -4.88. The number of carboxylic acid groups (broad SMARTS) is 1. The summed E-state index contributed by atoms with van der Waals surface area (Å²) in [5.74, 6) is 0.678. The normalized spacial score (nSPS) is 24.8. The average Bonchev–Trinajstić information content (AvgIpc) is 3.80. The number of phenolic OH excluding ortho intramolecular Hbond substituents is 1. The lowest BCUT2D eigenvalue weighted by atomic mass is 9.86. The topological polar surface area (TPSA) is 236 Å². The van der Waals surface area contributed by atoms with Crippen molar-refractivity contribution >= 4 is 11.9 Å². The van der Waals surface area contributed by atoms with Crippen molar-refractivity contribution in [3.63, 3.8) is 0 Å². The third-order valence-electron chi connectivity index (χ3n) is 10.1. The van der Waals surface area contributed by atoms with Crippen molar-refractivity contribution in [2.75, 3.05) is 40.2 Å². The first-order chi connectivity index (χ1) is 27.4. The van der Waals surface area contributed by atoms with Crippen LogP contribution in [0.15, 0.2) is 42.5 Å². The lowest BCUT2D eigenvalue weighted by Crippen LogP contribution is -2.61. The molecule has 0 saturated carbocycles. The molecular weight excluding hydrogens is 748 g/mol. The van der Waals surface area contributed by atoms with E-state index < -0.39 is 67.8 Å². The second-order valence-electron chi connectivity index (χ2n) is 15.0. The minimum Gasteiger partial charge on any atom is -0.508 e. The molecule has 0 radical (unpaired) electrons. The van der Waals surface area contributed by atoms with Crippen LogP contribution in [0.3, 0.4) is 0 Å². The zero-order valence-electron chi connectivity index (χ0n) is 31.8. The summed E-state index contributed by atoms with van der Waals surface area (Å²) in [4.78, 5) is 34.6. The van der Waals surface area contributed by atoms with Gasteiger partial charge in [-0.1, -0.05) is 26.0 Å². The summed E-state index contributed by atoms with van der Waals surface area (Å²) >= 11 is 0. The lowest BCUT2D eigenvalue weighted by Gasteiger charge is -2.41. The fourth-order valence-electron chi connectivity index (χ4n) is 7.49. The molecule has 4 aliphatic heterocycles. The number of benzene rings is 3. The molecule has 7 N–H and O–H groups in total. The van der Waals surface area contributed by atoms with E-state index in [1.165, 1.54) is 0 Å². The van der Waals surface area contributed by atoms with Gasteiger partial charge in [0.1, 0.15) is 54.7 Å². The fraction of sp³-hybridized carbons (Fsp3) is 0.500. The van der Waals surface area contributed by atoms with Crippen molar-refractivity contribution in [1.82, 2.24) is 5.32 Å². The number of ether oxygens (including phenoxy) is 7. The third kappa shape index (κ3) is 8.84. The molecule has 4 aliphatic rings. The smallest absolute Gasteiger partial charge is 0.317 e. The molecule has 308 valence electrons. The molecule has 1 saturated heterocycles. The molecular formula is C40H48N2O15. The van der Waals surface area contributed by atoms with Gasteiger partial charge in [0.15, 0.2) is 29.6 Å². The Balaban J connectivity index is 1.18. The Labute approximate surface area is 328 Å². The number of esters is 1. The van der Waals surface area contributed by atoms with Crippen LogP contribution in [0, 0.1) is 5.92 Å². The van der Waals surface area contributed by atoms with Gasteiger partial charge in [-0.25, -0.2) is 0 Å². The molecule has 0 amide bonds. The highest BCUT2D eigenvalue weighted by Gasteiger charge is 2.49. The molecule has 4 heterocycles. The van der Waals surface area contributed by atoms with Gasteiger partial charge in [-0.05, 0) is 55.3 Å². The molecule has 57 heavy (non-hydrogen) atoms. The maximum Gasteiger partial charge on any atom is 0.317 e. The summed E-state index contributed by atoms with van der Waals surface area (Å²) in [7, 11) is 1.72. The lowest BCUT2D eigenvalue weighted by molar-refractivity contribution is -0.372. The number of aliphatic carboxylic acids is 1. The summed E-state index contributed by atoms with van der Waals surface area (Å²) in [5, 5.41) is 44.1. The van der Waals surface area contributed by atoms with Gasteiger partial charge in [-0.15, -0.1) is 0 Å². The van der Waals surface area contributed by atoms with Crippen molar-refractivity contribution in [1.29, 1.82) is 0 Å². The molecule has 0 bridgehead atoms. The first-order valence-electron chi connectivity index (χ1n) is 18.8. The van der Waals surface area contributed by atoms with Crippen LogP contribution in [0.1, 0.15) is 60.1 Å². The number of rotatable bonds is 16. The van der Waals surface area contributed by atoms with Gasteiger partial charge in [0, 0.05) is 41.3 Å². The molecule has 0 aliphatic carbocycles. The van der Waals surface area contributed by atoms with E-state index in [1.54, 1.807) is 43.4 Å². The summed E-state index contributed by atoms with van der Waals surface area (Å²) in [6.45, 7) is 4.45. The summed E-state index contributed by atoms with van der Waals surface area (Å²) in [6, 6.07) is 11.7. The standard InChI is InChI=1S/C40H48N2O15/c1-19(2)8-26-36-25(12-29-38(26)53-18-52-29)28-16-50-35-21(9-20-4-6-23(43)7-5-20)10-24(11-27(35)37(28)55-36)56-57-39-34(48)33(47)30(17-49-32(46)13-31(44)45)54-40(39)51-15-22(41)14-42-3/h4-7,10-12,19,22,28,30,33-34,37,39-40,42-43,47-48H,8-9,13-18,41H2,1-3H3,(H,44,45)/t22-,28+,30+,33+,34-,37+,39+,40+/m0/s1. The van der Waals surface area contributed by atoms with Crippen LogP contribution in [0.4, 0.5) is 0 Å². The van der Waals surface area contributed by atoms with Gasteiger partial charge in [0.05, 0.1) is 19.1 Å². The van der Waals surface area contributed by atoms with Gasteiger partial charge in [0.25, 0.3) is 0 Å². The number of carbonyl (C=O) groups excluding carboxylic acids is 1. The maximum absolute atomic E-state index is 11.9. The molecule has 17 nitrogen and oxygen atoms in total. The monoisotopic (exact) mass is 796 g/mol. The number of likely N-dealkylation sites (N-methyl/N-ethyl adjacent to an activating group) is 1. The Kier molecular flexibility index (Phi) is 12.2. The zero-order valence-corrected chi connectivity index (χ0v) is 31.8. The predicted octanol–water partition coefficient (Wildman–Crippen LogP) is 2.23. The number of phenols is 1. The van der Waals surface area contributed by atoms with E-state index in [4.69, 9.17) is 53.8 Å². The first kappa shape index (κ1) is 40.3. The van der Waals surface area contributed by atoms with E-state index in [0.29, 0.717) is 54.7 Å². The number of hydrogen-bond donors (Lipinski definition) is 6. The van der Waals surface area contributed by atoms with Gasteiger partial charge < -0.3 is 69.5 Å². The summed E-state index contributed by atoms with van der Waals surface area (Å²) < 4.78 is 41.8. The van der Waals surface area contributed by atoms with Crippen LogP contribution in [-0.2, 0) is 41.5 Å². The Bertz CT molecular complexity index is 1920. The highest BCUT2D eigenvalue weighted by atomic mass is 17.2. The van der Waals surface area contributed by atoms with E-state index in [-0.39, 0.29) is 30.8 Å². The minimum absolute atomic E-state index is 0.0636. The van der Waals surface area contributed by atoms with E-state index in [1.807, 2.05) is 6.07 Å². The average molecular weight is 797 g/mol. The second kappa shape index (κ2) is 17.3. The quantitative estimate of drug-likeness (QED) is 0.0528. The Morgan fingerprint density at radius 2 is 1.79 bits per heavy atom. The maximum atomic E-state index is 11.9. The number of carbonyl (C=O) groups is 2. The molecule has 0 spiro atoms. The molecule has 1 fully saturated rings. The van der Waals surface area contributed by atoms with Gasteiger partial charge in [-0.2, -0.15) is 4.89 Å². The largest absolute Gasteiger partial charge is 0.508 e. The predicted molar refractivity (Wildman–Crippen MR) is 197 cm³/mol. The van der Waals surface area contributed by atoms with Crippen LogP contribution in [0.5, 0.6) is 34.5 Å². The number of carboxylic acids is 1. The molecule has 17 heteroatoms. The van der Waals surface area contributed by atoms with E-state index in [9.17, 15) is 24.9 Å². The number of nitrogens with two attached hydrogens (primary N) is 1. The van der Waals surface area contributed by atoms with Crippen LogP contribution in [-0.4, -0.2) is 109 Å². The van der Waals surface area contributed by atoms with Crippen LogP contribution >= 0.6 is 0 Å². The Morgan fingerprint density at radius 3 is 2.53 bits per heavy atom. The first-order valence-corrected chi connectivity index (χ1v) is 18.8. The van der Waals surface area contributed by atoms with E-state index in [2.05, 4.69) is 19.2 Å². The SMILES string of the molecule is CNC[C@H](N)CO[C@@H]1O[C@H](COC(=O)CC(=O)O)[C@@H](O)[C@H](O)[C@H]1OOc1cc(Cc2ccc(O)cc2)c2c(c1)[C@H]1Oc3c(cc4c(c3CC(C)C)OCO4)[C@H]1CO2. The highest BCUT2D eigenvalue weighted by molar-refractivity contribution is 5.90. The van der Waals surface area contributed by atoms with Crippen molar-refractivity contribution in [3.8, 4) is 34.5 Å². The zero-order chi connectivity index (χ0) is 40.4. The number of aromatic hydroxyl groups is 1. The minimum atomic E-state index is -1.69. The molecule has 8 atom stereocenters. The van der Waals surface area contributed by atoms with Crippen molar-refractivity contribution in [3.05, 3.63) is 70.3 Å². The molecule has 0 unspecified atom stereocenters. The molecule has 7 rings (SSSR count).